The molecule has 1 N–H and O–H groups in total. The highest BCUT2D eigenvalue weighted by Gasteiger charge is 2.45. The Morgan fingerprint density at radius 2 is 1.88 bits per heavy atom. The van der Waals surface area contributed by atoms with Crippen molar-refractivity contribution in [3.63, 3.8) is 0 Å². The molecule has 94 valence electrons. The molecule has 0 spiro atoms. The molecule has 1 aromatic carbocycles. The summed E-state index contributed by atoms with van der Waals surface area (Å²) in [6.45, 7) is 5.43. The van der Waals surface area contributed by atoms with E-state index in [0.29, 0.717) is 5.56 Å². The summed E-state index contributed by atoms with van der Waals surface area (Å²) < 4.78 is 34.7. The number of ether oxygens (including phenoxy) is 2. The van der Waals surface area contributed by atoms with Crippen LogP contribution in [0.3, 0.4) is 0 Å². The van der Waals surface area contributed by atoms with E-state index in [1.165, 1.54) is 6.07 Å². The Bertz CT molecular complexity index is 438. The van der Waals surface area contributed by atoms with Crippen LogP contribution in [-0.4, -0.2) is 11.4 Å². The van der Waals surface area contributed by atoms with E-state index in [0.717, 1.165) is 0 Å². The smallest absolute Gasteiger partial charge is 0.395 e. The zero-order valence-corrected chi connectivity index (χ0v) is 9.83. The lowest BCUT2D eigenvalue weighted by molar-refractivity contribution is -0.287. The Morgan fingerprint density at radius 1 is 1.24 bits per heavy atom. The van der Waals surface area contributed by atoms with Gasteiger partial charge in [-0.1, -0.05) is 32.9 Å². The van der Waals surface area contributed by atoms with Crippen LogP contribution in [0, 0.1) is 5.41 Å². The molecule has 0 aliphatic carbocycles. The second-order valence-electron chi connectivity index (χ2n) is 5.11. The Hall–Kier alpha value is -1.36. The molecule has 1 aliphatic heterocycles. The Morgan fingerprint density at radius 3 is 2.47 bits per heavy atom. The van der Waals surface area contributed by atoms with E-state index in [4.69, 9.17) is 0 Å². The van der Waals surface area contributed by atoms with Crippen LogP contribution in [0.15, 0.2) is 18.2 Å². The zero-order chi connectivity index (χ0) is 12.8. The fourth-order valence-corrected chi connectivity index (χ4v) is 1.67. The average Bonchev–Trinajstić information content (AvgIpc) is 2.48. The molecule has 2 rings (SSSR count). The lowest BCUT2D eigenvalue weighted by Crippen LogP contribution is -2.26. The van der Waals surface area contributed by atoms with Crippen LogP contribution in [0.1, 0.15) is 32.4 Å². The number of hydrogen-bond acceptors (Lipinski definition) is 3. The summed E-state index contributed by atoms with van der Waals surface area (Å²) in [6.07, 6.45) is -4.56. The minimum atomic E-state index is -3.66. The molecule has 1 heterocycles. The molecule has 0 fully saturated rings. The SMILES string of the molecule is CC(C)(C)C(O)c1cccc2c1OC(F)(F)O2. The molecular weight excluding hydrogens is 230 g/mol. The van der Waals surface area contributed by atoms with Gasteiger partial charge in [0.15, 0.2) is 11.5 Å². The summed E-state index contributed by atoms with van der Waals surface area (Å²) in [7, 11) is 0. The minimum absolute atomic E-state index is 0.0456. The first-order valence-corrected chi connectivity index (χ1v) is 5.27. The van der Waals surface area contributed by atoms with Gasteiger partial charge in [0.2, 0.25) is 0 Å². The van der Waals surface area contributed by atoms with Crippen molar-refractivity contribution in [3.8, 4) is 11.5 Å². The van der Waals surface area contributed by atoms with Gasteiger partial charge in [-0.05, 0) is 11.5 Å². The molecule has 1 atom stereocenters. The number of alkyl halides is 2. The van der Waals surface area contributed by atoms with Crippen molar-refractivity contribution in [2.75, 3.05) is 0 Å². The van der Waals surface area contributed by atoms with Crippen molar-refractivity contribution < 1.29 is 23.4 Å². The van der Waals surface area contributed by atoms with Gasteiger partial charge in [-0.3, -0.25) is 0 Å². The summed E-state index contributed by atoms with van der Waals surface area (Å²) >= 11 is 0. The second-order valence-corrected chi connectivity index (χ2v) is 5.11. The van der Waals surface area contributed by atoms with E-state index in [9.17, 15) is 13.9 Å². The van der Waals surface area contributed by atoms with Gasteiger partial charge >= 0.3 is 6.29 Å². The topological polar surface area (TPSA) is 38.7 Å². The van der Waals surface area contributed by atoms with E-state index in [-0.39, 0.29) is 11.5 Å². The fourth-order valence-electron chi connectivity index (χ4n) is 1.67. The third-order valence-electron chi connectivity index (χ3n) is 2.57. The first-order valence-electron chi connectivity index (χ1n) is 5.27. The molecular formula is C12H14F2O3. The van der Waals surface area contributed by atoms with Crippen molar-refractivity contribution in [2.24, 2.45) is 5.41 Å². The van der Waals surface area contributed by atoms with Crippen LogP contribution < -0.4 is 9.47 Å². The summed E-state index contributed by atoms with van der Waals surface area (Å²) in [5, 5.41) is 10.1. The maximum atomic E-state index is 13.0. The zero-order valence-electron chi connectivity index (χ0n) is 9.83. The minimum Gasteiger partial charge on any atom is -0.395 e. The normalized spacial score (nSPS) is 19.2. The first kappa shape index (κ1) is 12.1. The lowest BCUT2D eigenvalue weighted by atomic mass is 9.84. The monoisotopic (exact) mass is 244 g/mol. The number of para-hydroxylation sites is 1. The molecule has 1 aliphatic rings. The average molecular weight is 244 g/mol. The molecule has 17 heavy (non-hydrogen) atoms. The Kier molecular flexibility index (Phi) is 2.54. The molecule has 1 aromatic rings. The summed E-state index contributed by atoms with van der Waals surface area (Å²) in [5.41, 5.74) is -0.164. The lowest BCUT2D eigenvalue weighted by Gasteiger charge is -2.26. The van der Waals surface area contributed by atoms with Crippen molar-refractivity contribution in [1.29, 1.82) is 0 Å². The van der Waals surface area contributed by atoms with Gasteiger partial charge in [-0.15, -0.1) is 8.78 Å². The maximum absolute atomic E-state index is 13.0. The van der Waals surface area contributed by atoms with Crippen LogP contribution in [0.5, 0.6) is 11.5 Å². The van der Waals surface area contributed by atoms with Gasteiger partial charge in [-0.2, -0.15) is 0 Å². The van der Waals surface area contributed by atoms with Crippen LogP contribution in [-0.2, 0) is 0 Å². The van der Waals surface area contributed by atoms with E-state index >= 15 is 0 Å². The van der Waals surface area contributed by atoms with Gasteiger partial charge in [0.05, 0.1) is 6.10 Å². The van der Waals surface area contributed by atoms with Crippen LogP contribution in [0.4, 0.5) is 8.78 Å². The molecule has 0 radical (unpaired) electrons. The van der Waals surface area contributed by atoms with Gasteiger partial charge < -0.3 is 14.6 Å². The Balaban J connectivity index is 2.43. The Labute approximate surface area is 98.0 Å². The highest BCUT2D eigenvalue weighted by molar-refractivity contribution is 5.50. The van der Waals surface area contributed by atoms with Gasteiger partial charge in [0.25, 0.3) is 0 Å². The largest absolute Gasteiger partial charge is 0.586 e. The molecule has 0 amide bonds. The highest BCUT2D eigenvalue weighted by Crippen LogP contribution is 2.47. The highest BCUT2D eigenvalue weighted by atomic mass is 19.3. The number of aliphatic hydroxyl groups is 1. The second kappa shape index (κ2) is 3.57. The fraction of sp³-hybridized carbons (Fsp3) is 0.500. The third-order valence-corrected chi connectivity index (χ3v) is 2.57. The van der Waals surface area contributed by atoms with Gasteiger partial charge in [0.1, 0.15) is 0 Å². The van der Waals surface area contributed by atoms with Crippen LogP contribution in [0.25, 0.3) is 0 Å². The predicted molar refractivity (Wildman–Crippen MR) is 57.1 cm³/mol. The maximum Gasteiger partial charge on any atom is 0.586 e. The van der Waals surface area contributed by atoms with E-state index < -0.39 is 17.8 Å². The molecule has 3 nitrogen and oxygen atoms in total. The third kappa shape index (κ3) is 2.20. The standard InChI is InChI=1S/C12H14F2O3/c1-11(2,3)10(15)7-5-4-6-8-9(7)17-12(13,14)16-8/h4-6,10,15H,1-3H3. The van der Waals surface area contributed by atoms with Crippen molar-refractivity contribution in [1.82, 2.24) is 0 Å². The van der Waals surface area contributed by atoms with E-state index in [2.05, 4.69) is 9.47 Å². The predicted octanol–water partition coefficient (Wildman–Crippen LogP) is 3.09. The van der Waals surface area contributed by atoms with Crippen molar-refractivity contribution in [3.05, 3.63) is 23.8 Å². The number of hydrogen-bond donors (Lipinski definition) is 1. The van der Waals surface area contributed by atoms with Crippen molar-refractivity contribution in [2.45, 2.75) is 33.2 Å². The van der Waals surface area contributed by atoms with Gasteiger partial charge in [0, 0.05) is 5.56 Å². The summed E-state index contributed by atoms with van der Waals surface area (Å²) in [4.78, 5) is 0. The van der Waals surface area contributed by atoms with Crippen LogP contribution >= 0.6 is 0 Å². The quantitative estimate of drug-likeness (QED) is 0.825. The number of rotatable bonds is 1. The number of halogens is 2. The van der Waals surface area contributed by atoms with Crippen LogP contribution in [0.2, 0.25) is 0 Å². The van der Waals surface area contributed by atoms with Crippen molar-refractivity contribution >= 4 is 0 Å². The molecule has 5 heteroatoms. The molecule has 0 saturated heterocycles. The number of benzene rings is 1. The van der Waals surface area contributed by atoms with E-state index in [1.54, 1.807) is 12.1 Å². The molecule has 0 saturated carbocycles. The molecule has 1 unspecified atom stereocenters. The molecule has 0 bridgehead atoms. The summed E-state index contributed by atoms with van der Waals surface area (Å²) in [5.74, 6) is -0.129. The van der Waals surface area contributed by atoms with Gasteiger partial charge in [-0.25, -0.2) is 0 Å². The first-order chi connectivity index (χ1) is 7.71. The molecule has 0 aromatic heterocycles. The number of aliphatic hydroxyl groups excluding tert-OH is 1. The summed E-state index contributed by atoms with van der Waals surface area (Å²) in [6, 6.07) is 4.49. The number of fused-ring (bicyclic) bond motifs is 1. The van der Waals surface area contributed by atoms with E-state index in [1.807, 2.05) is 20.8 Å².